The highest BCUT2D eigenvalue weighted by atomic mass is 32.1. The third-order valence-electron chi connectivity index (χ3n) is 3.87. The highest BCUT2D eigenvalue weighted by Gasteiger charge is 2.17. The van der Waals surface area contributed by atoms with Crippen LogP contribution in [0, 0.1) is 0 Å². The van der Waals surface area contributed by atoms with Crippen LogP contribution in [0.3, 0.4) is 0 Å². The van der Waals surface area contributed by atoms with E-state index in [9.17, 15) is 0 Å². The van der Waals surface area contributed by atoms with E-state index in [1.165, 1.54) is 11.1 Å². The molecular formula is C16H20N2O2S. The molecule has 3 N–H and O–H groups in total. The summed E-state index contributed by atoms with van der Waals surface area (Å²) in [5.41, 5.74) is 5.55. The monoisotopic (exact) mass is 304 g/mol. The Balaban J connectivity index is 1.68. The van der Waals surface area contributed by atoms with Crippen molar-refractivity contribution in [2.75, 3.05) is 13.7 Å². The van der Waals surface area contributed by atoms with Crippen LogP contribution in [0.1, 0.15) is 28.5 Å². The number of benzene rings is 1. The first-order valence-electron chi connectivity index (χ1n) is 7.14. The summed E-state index contributed by atoms with van der Waals surface area (Å²) in [6.07, 6.45) is 2.93. The fraction of sp³-hybridized carbons (Fsp3) is 0.375. The van der Waals surface area contributed by atoms with Gasteiger partial charge in [-0.1, -0.05) is 12.1 Å². The van der Waals surface area contributed by atoms with Gasteiger partial charge in [-0.25, -0.2) is 0 Å². The second-order valence-electron chi connectivity index (χ2n) is 5.15. The topological polar surface area (TPSA) is 56.5 Å². The van der Waals surface area contributed by atoms with Gasteiger partial charge >= 0.3 is 0 Å². The molecule has 0 saturated heterocycles. The number of rotatable bonds is 6. The minimum atomic E-state index is 0.115. The zero-order valence-electron chi connectivity index (χ0n) is 12.1. The SMILES string of the molecule is COc1ccsc1C(CCc1ccc2c(c1)CCO2)NN. The van der Waals surface area contributed by atoms with E-state index < -0.39 is 0 Å². The lowest BCUT2D eigenvalue weighted by Gasteiger charge is -2.16. The molecule has 1 aliphatic rings. The highest BCUT2D eigenvalue weighted by Crippen LogP contribution is 2.33. The predicted octanol–water partition coefficient (Wildman–Crippen LogP) is 2.83. The van der Waals surface area contributed by atoms with Crippen LogP contribution in [0.5, 0.6) is 11.5 Å². The van der Waals surface area contributed by atoms with Crippen LogP contribution in [-0.4, -0.2) is 13.7 Å². The number of ether oxygens (including phenoxy) is 2. The van der Waals surface area contributed by atoms with Crippen molar-refractivity contribution >= 4 is 11.3 Å². The molecule has 2 heterocycles. The molecule has 1 atom stereocenters. The second-order valence-corrected chi connectivity index (χ2v) is 6.10. The number of hydrogen-bond donors (Lipinski definition) is 2. The summed E-state index contributed by atoms with van der Waals surface area (Å²) in [7, 11) is 1.69. The van der Waals surface area contributed by atoms with E-state index >= 15 is 0 Å². The lowest BCUT2D eigenvalue weighted by molar-refractivity contribution is 0.357. The molecule has 0 fully saturated rings. The maximum atomic E-state index is 5.72. The van der Waals surface area contributed by atoms with Crippen LogP contribution in [-0.2, 0) is 12.8 Å². The summed E-state index contributed by atoms with van der Waals surface area (Å²) in [6, 6.07) is 8.57. The minimum Gasteiger partial charge on any atom is -0.496 e. The van der Waals surface area contributed by atoms with Crippen molar-refractivity contribution in [3.63, 3.8) is 0 Å². The first kappa shape index (κ1) is 14.4. The fourth-order valence-electron chi connectivity index (χ4n) is 2.73. The number of hydrogen-bond acceptors (Lipinski definition) is 5. The molecule has 5 heteroatoms. The molecule has 21 heavy (non-hydrogen) atoms. The van der Waals surface area contributed by atoms with E-state index in [4.69, 9.17) is 15.3 Å². The smallest absolute Gasteiger partial charge is 0.134 e. The molecule has 4 nitrogen and oxygen atoms in total. The van der Waals surface area contributed by atoms with E-state index in [-0.39, 0.29) is 6.04 Å². The molecule has 112 valence electrons. The Hall–Kier alpha value is -1.56. The van der Waals surface area contributed by atoms with Gasteiger partial charge in [-0.2, -0.15) is 0 Å². The molecule has 0 spiro atoms. The van der Waals surface area contributed by atoms with Gasteiger partial charge in [-0.05, 0) is 41.5 Å². The quantitative estimate of drug-likeness (QED) is 0.636. The van der Waals surface area contributed by atoms with Crippen LogP contribution >= 0.6 is 11.3 Å². The van der Waals surface area contributed by atoms with E-state index in [1.54, 1.807) is 18.4 Å². The molecule has 1 unspecified atom stereocenters. The Morgan fingerprint density at radius 2 is 2.33 bits per heavy atom. The summed E-state index contributed by atoms with van der Waals surface area (Å²) in [5, 5.41) is 2.03. The van der Waals surface area contributed by atoms with Gasteiger partial charge in [0.2, 0.25) is 0 Å². The molecule has 0 amide bonds. The van der Waals surface area contributed by atoms with Gasteiger partial charge in [0.1, 0.15) is 11.5 Å². The van der Waals surface area contributed by atoms with Gasteiger partial charge in [0.15, 0.2) is 0 Å². The van der Waals surface area contributed by atoms with E-state index in [1.807, 2.05) is 11.4 Å². The Morgan fingerprint density at radius 3 is 3.14 bits per heavy atom. The van der Waals surface area contributed by atoms with Crippen LogP contribution < -0.4 is 20.7 Å². The van der Waals surface area contributed by atoms with Gasteiger partial charge in [0, 0.05) is 6.42 Å². The van der Waals surface area contributed by atoms with Crippen molar-refractivity contribution in [2.45, 2.75) is 25.3 Å². The van der Waals surface area contributed by atoms with Gasteiger partial charge in [-0.15, -0.1) is 11.3 Å². The van der Waals surface area contributed by atoms with Gasteiger partial charge in [0.05, 0.1) is 24.6 Å². The molecule has 0 saturated carbocycles. The molecular weight excluding hydrogens is 284 g/mol. The first-order valence-corrected chi connectivity index (χ1v) is 8.02. The van der Waals surface area contributed by atoms with Crippen molar-refractivity contribution in [3.8, 4) is 11.5 Å². The van der Waals surface area contributed by atoms with Gasteiger partial charge < -0.3 is 9.47 Å². The molecule has 1 aromatic carbocycles. The third-order valence-corrected chi connectivity index (χ3v) is 4.88. The Labute approximate surface area is 128 Å². The highest BCUT2D eigenvalue weighted by molar-refractivity contribution is 7.10. The maximum Gasteiger partial charge on any atom is 0.134 e. The lowest BCUT2D eigenvalue weighted by atomic mass is 10.0. The summed E-state index contributed by atoms with van der Waals surface area (Å²) >= 11 is 1.67. The van der Waals surface area contributed by atoms with Crippen molar-refractivity contribution in [1.29, 1.82) is 0 Å². The zero-order valence-corrected chi connectivity index (χ0v) is 12.9. The second kappa shape index (κ2) is 6.47. The van der Waals surface area contributed by atoms with Crippen molar-refractivity contribution < 1.29 is 9.47 Å². The number of hydrazine groups is 1. The molecule has 1 aliphatic heterocycles. The van der Waals surface area contributed by atoms with Crippen molar-refractivity contribution in [3.05, 3.63) is 45.6 Å². The predicted molar refractivity (Wildman–Crippen MR) is 84.9 cm³/mol. The van der Waals surface area contributed by atoms with Gasteiger partial charge in [-0.3, -0.25) is 11.3 Å². The van der Waals surface area contributed by atoms with Crippen LogP contribution in [0.4, 0.5) is 0 Å². The molecule has 0 aliphatic carbocycles. The molecule has 0 radical (unpaired) electrons. The van der Waals surface area contributed by atoms with Crippen molar-refractivity contribution in [2.24, 2.45) is 5.84 Å². The third kappa shape index (κ3) is 3.05. The minimum absolute atomic E-state index is 0.115. The summed E-state index contributed by atoms with van der Waals surface area (Å²) in [5.74, 6) is 7.67. The van der Waals surface area contributed by atoms with Crippen molar-refractivity contribution in [1.82, 2.24) is 5.43 Å². The largest absolute Gasteiger partial charge is 0.496 e. The van der Waals surface area contributed by atoms with E-state index in [0.717, 1.165) is 42.2 Å². The van der Waals surface area contributed by atoms with Crippen LogP contribution in [0.2, 0.25) is 0 Å². The normalized spacial score (nSPS) is 14.6. The van der Waals surface area contributed by atoms with Crippen LogP contribution in [0.15, 0.2) is 29.6 Å². The number of fused-ring (bicyclic) bond motifs is 1. The first-order chi connectivity index (χ1) is 10.3. The number of nitrogens with two attached hydrogens (primary N) is 1. The van der Waals surface area contributed by atoms with E-state index in [0.29, 0.717) is 0 Å². The maximum absolute atomic E-state index is 5.72. The Kier molecular flexibility index (Phi) is 4.43. The fourth-order valence-corrected chi connectivity index (χ4v) is 3.68. The summed E-state index contributed by atoms with van der Waals surface area (Å²) in [4.78, 5) is 1.16. The molecule has 1 aromatic heterocycles. The van der Waals surface area contributed by atoms with Gasteiger partial charge in [0.25, 0.3) is 0 Å². The Bertz CT molecular complexity index is 612. The summed E-state index contributed by atoms with van der Waals surface area (Å²) in [6.45, 7) is 0.804. The molecule has 0 bridgehead atoms. The standard InChI is InChI=1S/C16H20N2O2S/c1-19-15-7-9-21-16(15)13(18-17)4-2-11-3-5-14-12(10-11)6-8-20-14/h3,5,7,9-10,13,18H,2,4,6,8,17H2,1H3. The van der Waals surface area contributed by atoms with Crippen LogP contribution in [0.25, 0.3) is 0 Å². The average molecular weight is 304 g/mol. The summed E-state index contributed by atoms with van der Waals surface area (Å²) < 4.78 is 10.9. The number of thiophene rings is 1. The molecule has 3 rings (SSSR count). The average Bonchev–Trinajstić information content (AvgIpc) is 3.16. The lowest BCUT2D eigenvalue weighted by Crippen LogP contribution is -2.28. The van der Waals surface area contributed by atoms with E-state index in [2.05, 4.69) is 23.6 Å². The number of nitrogens with one attached hydrogen (secondary N) is 1. The zero-order chi connectivity index (χ0) is 14.7. The molecule has 2 aromatic rings. The Morgan fingerprint density at radius 1 is 1.43 bits per heavy atom. The number of methoxy groups -OCH3 is 1. The number of aryl methyl sites for hydroxylation is 1.